The molecule has 0 radical (unpaired) electrons. The molecule has 3 heterocycles. The van der Waals surface area contributed by atoms with Crippen LogP contribution in [0.2, 0.25) is 0 Å². The highest BCUT2D eigenvalue weighted by Gasteiger charge is 2.50. The van der Waals surface area contributed by atoms with Crippen molar-refractivity contribution in [2.75, 3.05) is 4.90 Å². The van der Waals surface area contributed by atoms with E-state index < -0.39 is 0 Å². The molecule has 5 aliphatic rings. The summed E-state index contributed by atoms with van der Waals surface area (Å²) in [6.07, 6.45) is 19.3. The highest BCUT2D eigenvalue weighted by atomic mass is 16.3. The molecule has 11 aromatic carbocycles. The third-order valence-electron chi connectivity index (χ3n) is 25.6. The van der Waals surface area contributed by atoms with Gasteiger partial charge in [0.1, 0.15) is 22.3 Å². The number of unbranched alkanes of at least 4 members (excludes halogenated alkanes) is 8. The molecule has 19 rings (SSSR count). The molecule has 102 heavy (non-hydrogen) atoms. The third kappa shape index (κ3) is 8.89. The molecule has 0 saturated heterocycles. The first-order valence-corrected chi connectivity index (χ1v) is 38.2. The largest absolute Gasteiger partial charge is 0.455 e. The maximum atomic E-state index is 7.21. The lowest BCUT2D eigenvalue weighted by atomic mass is 9.70. The molecule has 504 valence electrons. The van der Waals surface area contributed by atoms with Gasteiger partial charge < -0.3 is 13.7 Å². The second-order valence-electron chi connectivity index (χ2n) is 32.7. The van der Waals surface area contributed by atoms with Gasteiger partial charge in [-0.3, -0.25) is 4.98 Å². The summed E-state index contributed by atoms with van der Waals surface area (Å²) >= 11 is 0. The first kappa shape index (κ1) is 62.9. The van der Waals surface area contributed by atoms with E-state index in [1.54, 1.807) is 11.1 Å². The molecule has 0 N–H and O–H groups in total. The second kappa shape index (κ2) is 23.0. The number of hydrogen-bond donors (Lipinski definition) is 0. The molecule has 14 aromatic rings. The highest BCUT2D eigenvalue weighted by Crippen LogP contribution is 2.65. The molecular weight excluding hydrogens is 1240 g/mol. The summed E-state index contributed by atoms with van der Waals surface area (Å²) in [5.41, 5.74) is 37.8. The topological polar surface area (TPSA) is 42.4 Å². The van der Waals surface area contributed by atoms with Gasteiger partial charge in [-0.1, -0.05) is 267 Å². The normalized spacial score (nSPS) is 15.8. The molecule has 0 aliphatic heterocycles. The Hall–Kier alpha value is -10.0. The van der Waals surface area contributed by atoms with Crippen LogP contribution in [-0.4, -0.2) is 4.98 Å². The van der Waals surface area contributed by atoms with Gasteiger partial charge in [0, 0.05) is 89.2 Å². The fourth-order valence-electron chi connectivity index (χ4n) is 20.5. The zero-order valence-corrected chi connectivity index (χ0v) is 61.0. The molecule has 0 saturated carbocycles. The van der Waals surface area contributed by atoms with Crippen molar-refractivity contribution in [2.45, 2.75) is 173 Å². The first-order valence-electron chi connectivity index (χ1n) is 38.2. The molecule has 3 aromatic heterocycles. The lowest BCUT2D eigenvalue weighted by molar-refractivity contribution is 0.399. The van der Waals surface area contributed by atoms with Crippen LogP contribution in [0, 0.1) is 0 Å². The molecule has 0 amide bonds. The summed E-state index contributed by atoms with van der Waals surface area (Å²) < 4.78 is 14.3. The number of pyridine rings is 1. The number of nitrogens with zero attached hydrogens (tertiary/aromatic N) is 2. The Labute approximate surface area is 601 Å². The zero-order chi connectivity index (χ0) is 69.3. The summed E-state index contributed by atoms with van der Waals surface area (Å²) in [6, 6.07) is 79.3. The van der Waals surface area contributed by atoms with Crippen molar-refractivity contribution in [1.29, 1.82) is 0 Å². The van der Waals surface area contributed by atoms with Crippen LogP contribution in [0.4, 0.5) is 17.1 Å². The Bertz CT molecular complexity index is 5810. The van der Waals surface area contributed by atoms with E-state index in [4.69, 9.17) is 8.83 Å². The minimum atomic E-state index is -0.387. The van der Waals surface area contributed by atoms with E-state index in [2.05, 4.69) is 285 Å². The van der Waals surface area contributed by atoms with Crippen LogP contribution in [-0.2, 0) is 27.1 Å². The summed E-state index contributed by atoms with van der Waals surface area (Å²) in [6.45, 7) is 24.2. The van der Waals surface area contributed by atoms with Crippen molar-refractivity contribution in [3.05, 3.63) is 274 Å². The summed E-state index contributed by atoms with van der Waals surface area (Å²) in [4.78, 5) is 7.02. The Morgan fingerprint density at radius 3 is 1.39 bits per heavy atom. The van der Waals surface area contributed by atoms with E-state index in [1.165, 1.54) is 210 Å². The number of para-hydroxylation sites is 2. The third-order valence-corrected chi connectivity index (χ3v) is 25.6. The fraction of sp³-hybridized carbons (Fsp3) is 0.276. The molecule has 4 heteroatoms. The number of aromatic nitrogens is 1. The van der Waals surface area contributed by atoms with Crippen molar-refractivity contribution in [3.8, 4) is 77.9 Å². The Kier molecular flexibility index (Phi) is 14.2. The van der Waals surface area contributed by atoms with Crippen molar-refractivity contribution >= 4 is 60.9 Å². The van der Waals surface area contributed by atoms with Crippen molar-refractivity contribution in [1.82, 2.24) is 4.98 Å². The molecule has 4 nitrogen and oxygen atoms in total. The monoisotopic (exact) mass is 1330 g/mol. The van der Waals surface area contributed by atoms with Gasteiger partial charge in [0.25, 0.3) is 0 Å². The molecule has 0 unspecified atom stereocenters. The quantitative estimate of drug-likeness (QED) is 0.0852. The first-order chi connectivity index (χ1) is 49.5. The van der Waals surface area contributed by atoms with Gasteiger partial charge in [-0.15, -0.1) is 0 Å². The van der Waals surface area contributed by atoms with E-state index in [0.29, 0.717) is 0 Å². The van der Waals surface area contributed by atoms with Crippen LogP contribution in [0.3, 0.4) is 0 Å². The summed E-state index contributed by atoms with van der Waals surface area (Å²) in [7, 11) is 0. The lowest BCUT2D eigenvalue weighted by Gasteiger charge is -2.33. The van der Waals surface area contributed by atoms with Gasteiger partial charge in [-0.05, 0) is 208 Å². The predicted molar refractivity (Wildman–Crippen MR) is 428 cm³/mol. The number of furan rings is 2. The maximum absolute atomic E-state index is 7.21. The van der Waals surface area contributed by atoms with E-state index in [0.717, 1.165) is 50.3 Å². The van der Waals surface area contributed by atoms with Crippen LogP contribution in [0.1, 0.15) is 202 Å². The summed E-state index contributed by atoms with van der Waals surface area (Å²) in [5, 5.41) is 4.72. The average molecular weight is 1330 g/mol. The number of fused-ring (bicyclic) bond motifs is 25. The van der Waals surface area contributed by atoms with Gasteiger partial charge in [-0.2, -0.15) is 0 Å². The van der Waals surface area contributed by atoms with Crippen LogP contribution < -0.4 is 4.90 Å². The van der Waals surface area contributed by atoms with E-state index in [9.17, 15) is 0 Å². The van der Waals surface area contributed by atoms with Crippen LogP contribution >= 0.6 is 0 Å². The SMILES string of the molecule is CCCCCCCC1(CCCCCCC)c2ccccc2-c2ccc(-c3ccc4c(c3)C(C)(C)c3cc(-c5cc6c(c7c5oc5ccccc57)-c5ccc(N(c7ccncc7)c7ccc8c(c7)C(C)(C)c7c9c(c%10c(oc%11ccccc%11%10)c7-8)-c7ccccc7C9(C)C)cc5C6(C)C)ccc3-4)cc21. The second-order valence-corrected chi connectivity index (χ2v) is 32.7. The Morgan fingerprint density at radius 1 is 0.314 bits per heavy atom. The van der Waals surface area contributed by atoms with Crippen LogP contribution in [0.5, 0.6) is 0 Å². The fourth-order valence-corrected chi connectivity index (χ4v) is 20.5. The molecule has 5 aliphatic carbocycles. The number of anilines is 3. The van der Waals surface area contributed by atoms with Gasteiger partial charge >= 0.3 is 0 Å². The zero-order valence-electron chi connectivity index (χ0n) is 61.0. The average Bonchev–Trinajstić information content (AvgIpc) is 1.51. The standard InChI is InChI=1S/C98H90N2O2/c1-11-13-15-17-27-49-98(50-28-18-16-14-12-2)76-34-24-19-29-65(76)68-43-38-60(54-81(68)98)59-37-42-66-67-44-39-61(55-78(67)94(3,4)77(66)53-59)74-58-82-85(87-72-31-21-25-35-83(72)101-92(74)87)70-45-40-63(56-79(70)95(82,5)6)100(62-47-51-99-52-48-62)64-41-46-71-80(57-64)97(9,10)91-89(71)93-88(73-32-22-26-36-84(73)102-93)86-69-30-20-23-33-75(69)96(7,8)90(86)91/h19-26,29-48,51-58H,11-18,27-28,49-50H2,1-10H3. The van der Waals surface area contributed by atoms with Crippen molar-refractivity contribution in [3.63, 3.8) is 0 Å². The minimum Gasteiger partial charge on any atom is -0.455 e. The Balaban J connectivity index is 0.694. The van der Waals surface area contributed by atoms with Gasteiger partial charge in [0.05, 0.1) is 0 Å². The molecule has 0 atom stereocenters. The minimum absolute atomic E-state index is 0.0320. The van der Waals surface area contributed by atoms with E-state index in [-0.39, 0.29) is 27.1 Å². The van der Waals surface area contributed by atoms with Crippen LogP contribution in [0.25, 0.3) is 122 Å². The maximum Gasteiger partial charge on any atom is 0.144 e. The molecule has 0 spiro atoms. The summed E-state index contributed by atoms with van der Waals surface area (Å²) in [5.74, 6) is 0. The highest BCUT2D eigenvalue weighted by molar-refractivity contribution is 6.22. The van der Waals surface area contributed by atoms with Gasteiger partial charge in [0.15, 0.2) is 0 Å². The van der Waals surface area contributed by atoms with Gasteiger partial charge in [0.2, 0.25) is 0 Å². The molecule has 0 fully saturated rings. The van der Waals surface area contributed by atoms with Gasteiger partial charge in [-0.25, -0.2) is 0 Å². The number of rotatable bonds is 17. The molecular formula is C98H90N2O2. The smallest absolute Gasteiger partial charge is 0.144 e. The van der Waals surface area contributed by atoms with Crippen LogP contribution in [0.15, 0.2) is 227 Å². The number of benzene rings is 11. The molecule has 0 bridgehead atoms. The Morgan fingerprint density at radius 2 is 0.755 bits per heavy atom. The van der Waals surface area contributed by atoms with E-state index >= 15 is 0 Å². The number of hydrogen-bond acceptors (Lipinski definition) is 4. The van der Waals surface area contributed by atoms with Crippen molar-refractivity contribution in [2.24, 2.45) is 0 Å². The predicted octanol–water partition coefficient (Wildman–Crippen LogP) is 27.9. The van der Waals surface area contributed by atoms with E-state index in [1.807, 2.05) is 12.4 Å². The lowest BCUT2D eigenvalue weighted by Crippen LogP contribution is -2.25. The van der Waals surface area contributed by atoms with Crippen molar-refractivity contribution < 1.29 is 8.83 Å².